The molecule has 5 rings (SSSR count). The number of aromatic nitrogens is 3. The number of piperidine rings is 2. The summed E-state index contributed by atoms with van der Waals surface area (Å²) in [7, 11) is -3.29. The summed E-state index contributed by atoms with van der Waals surface area (Å²) in [6.07, 6.45) is 4.30. The molecule has 232 valence electrons. The first-order valence-corrected chi connectivity index (χ1v) is 16.7. The number of sulfonamides is 1. The van der Waals surface area contributed by atoms with E-state index in [0.717, 1.165) is 16.5 Å². The lowest BCUT2D eigenvalue weighted by Crippen LogP contribution is -2.47. The number of anilines is 1. The van der Waals surface area contributed by atoms with Gasteiger partial charge in [-0.1, -0.05) is 24.3 Å². The quantitative estimate of drug-likeness (QED) is 0.412. The van der Waals surface area contributed by atoms with Crippen LogP contribution >= 0.6 is 0 Å². The lowest BCUT2D eigenvalue weighted by molar-refractivity contribution is 0.169. The van der Waals surface area contributed by atoms with Crippen LogP contribution in [0.1, 0.15) is 65.0 Å². The van der Waals surface area contributed by atoms with Crippen LogP contribution in [0.2, 0.25) is 0 Å². The van der Waals surface area contributed by atoms with Crippen LogP contribution in [0.25, 0.3) is 22.2 Å². The number of pyridine rings is 1. The second kappa shape index (κ2) is 12.6. The molecule has 11 nitrogen and oxygen atoms in total. The van der Waals surface area contributed by atoms with Crippen molar-refractivity contribution in [1.82, 2.24) is 29.1 Å². The lowest BCUT2D eigenvalue weighted by atomic mass is 9.99. The average molecular weight is 610 g/mol. The van der Waals surface area contributed by atoms with Crippen LogP contribution < -0.4 is 16.2 Å². The van der Waals surface area contributed by atoms with Gasteiger partial charge in [-0.25, -0.2) is 22.5 Å². The van der Waals surface area contributed by atoms with E-state index in [-0.39, 0.29) is 29.7 Å². The molecule has 2 saturated heterocycles. The van der Waals surface area contributed by atoms with Gasteiger partial charge in [0.05, 0.1) is 5.25 Å². The number of nitrogens with one attached hydrogen (secondary N) is 2. The van der Waals surface area contributed by atoms with E-state index in [0.29, 0.717) is 69.0 Å². The maximum absolute atomic E-state index is 14.2. The largest absolute Gasteiger partial charge is 0.351 e. The zero-order chi connectivity index (χ0) is 30.9. The number of benzene rings is 1. The van der Waals surface area contributed by atoms with Crippen LogP contribution in [0, 0.1) is 6.92 Å². The summed E-state index contributed by atoms with van der Waals surface area (Å²) >= 11 is 0. The summed E-state index contributed by atoms with van der Waals surface area (Å²) in [6, 6.07) is 9.58. The van der Waals surface area contributed by atoms with Gasteiger partial charge in [0.15, 0.2) is 0 Å². The van der Waals surface area contributed by atoms with Crippen LogP contribution in [0.15, 0.2) is 41.3 Å². The van der Waals surface area contributed by atoms with Crippen LogP contribution in [0.4, 0.5) is 10.7 Å². The maximum atomic E-state index is 14.2. The molecule has 2 N–H and O–H groups in total. The van der Waals surface area contributed by atoms with Gasteiger partial charge < -0.3 is 15.5 Å². The number of nitrogens with zero attached hydrogens (tertiary/aromatic N) is 5. The van der Waals surface area contributed by atoms with E-state index in [1.807, 2.05) is 56.0 Å². The average Bonchev–Trinajstić information content (AvgIpc) is 2.97. The second-order valence-electron chi connectivity index (χ2n) is 12.3. The van der Waals surface area contributed by atoms with Crippen LogP contribution in [-0.4, -0.2) is 81.7 Å². The Morgan fingerprint density at radius 2 is 1.65 bits per heavy atom. The first kappa shape index (κ1) is 30.9. The highest BCUT2D eigenvalue weighted by Crippen LogP contribution is 2.29. The van der Waals surface area contributed by atoms with E-state index in [1.165, 1.54) is 0 Å². The number of amides is 2. The molecular weight excluding hydrogens is 566 g/mol. The molecule has 0 radical (unpaired) electrons. The number of carbonyl (C=O) groups is 1. The van der Waals surface area contributed by atoms with Gasteiger partial charge >= 0.3 is 6.03 Å². The third-order valence-corrected chi connectivity index (χ3v) is 10.8. The van der Waals surface area contributed by atoms with E-state index in [2.05, 4.69) is 15.6 Å². The molecule has 2 aliphatic rings. The van der Waals surface area contributed by atoms with E-state index < -0.39 is 15.3 Å². The highest BCUT2D eigenvalue weighted by Gasteiger charge is 2.31. The molecule has 2 aliphatic heterocycles. The van der Waals surface area contributed by atoms with Crippen LogP contribution in [-0.2, 0) is 10.0 Å². The van der Waals surface area contributed by atoms with Crippen molar-refractivity contribution in [2.24, 2.45) is 0 Å². The lowest BCUT2D eigenvalue weighted by Gasteiger charge is -2.34. The molecule has 2 amide bonds. The van der Waals surface area contributed by atoms with Crippen molar-refractivity contribution in [1.29, 1.82) is 0 Å². The Kier molecular flexibility index (Phi) is 9.07. The van der Waals surface area contributed by atoms with Gasteiger partial charge in [-0.2, -0.15) is 4.98 Å². The SMILES string of the molecule is Cc1ccccc1-c1cc2cnc(NC3CCN(S(=O)(=O)C(C)C)CC3)nc2n(C2CCN(C(=O)NC(C)C)CC2)c1=O. The number of hydrogen-bond acceptors (Lipinski definition) is 7. The monoisotopic (exact) mass is 609 g/mol. The Hall–Kier alpha value is -3.51. The predicted molar refractivity (Wildman–Crippen MR) is 170 cm³/mol. The number of likely N-dealkylation sites (tertiary alicyclic amines) is 1. The van der Waals surface area contributed by atoms with E-state index in [4.69, 9.17) is 4.98 Å². The van der Waals surface area contributed by atoms with Crippen molar-refractivity contribution in [3.05, 3.63) is 52.4 Å². The van der Waals surface area contributed by atoms with Crippen molar-refractivity contribution in [2.45, 2.75) is 83.7 Å². The van der Waals surface area contributed by atoms with Crippen molar-refractivity contribution in [3.63, 3.8) is 0 Å². The molecule has 2 fully saturated rings. The van der Waals surface area contributed by atoms with Crippen molar-refractivity contribution in [3.8, 4) is 11.1 Å². The molecule has 0 spiro atoms. The molecule has 3 aromatic rings. The zero-order valence-corrected chi connectivity index (χ0v) is 26.5. The molecule has 4 heterocycles. The van der Waals surface area contributed by atoms with Gasteiger partial charge in [0.1, 0.15) is 5.65 Å². The van der Waals surface area contributed by atoms with Crippen molar-refractivity contribution >= 4 is 33.0 Å². The third-order valence-electron chi connectivity index (χ3n) is 8.48. The summed E-state index contributed by atoms with van der Waals surface area (Å²) < 4.78 is 28.6. The number of hydrogen-bond donors (Lipinski definition) is 2. The van der Waals surface area contributed by atoms with Gasteiger partial charge in [-0.3, -0.25) is 9.36 Å². The van der Waals surface area contributed by atoms with Crippen molar-refractivity contribution < 1.29 is 13.2 Å². The Balaban J connectivity index is 1.45. The molecule has 12 heteroatoms. The number of aryl methyl sites for hydroxylation is 1. The van der Waals surface area contributed by atoms with Gasteiger partial charge in [0, 0.05) is 61.5 Å². The predicted octanol–water partition coefficient (Wildman–Crippen LogP) is 4.14. The Morgan fingerprint density at radius 3 is 2.28 bits per heavy atom. The topological polar surface area (TPSA) is 130 Å². The first-order chi connectivity index (χ1) is 20.5. The number of fused-ring (bicyclic) bond motifs is 1. The minimum absolute atomic E-state index is 0.0187. The first-order valence-electron chi connectivity index (χ1n) is 15.2. The van der Waals surface area contributed by atoms with E-state index in [1.54, 1.807) is 28.9 Å². The van der Waals surface area contributed by atoms with Crippen LogP contribution in [0.5, 0.6) is 0 Å². The number of carbonyl (C=O) groups excluding carboxylic acids is 1. The smallest absolute Gasteiger partial charge is 0.317 e. The highest BCUT2D eigenvalue weighted by molar-refractivity contribution is 7.89. The summed E-state index contributed by atoms with van der Waals surface area (Å²) in [5.74, 6) is 0.420. The fourth-order valence-corrected chi connectivity index (χ4v) is 7.31. The second-order valence-corrected chi connectivity index (χ2v) is 14.7. The maximum Gasteiger partial charge on any atom is 0.317 e. The number of rotatable bonds is 7. The fraction of sp³-hybridized carbons (Fsp3) is 0.548. The zero-order valence-electron chi connectivity index (χ0n) is 25.7. The molecule has 1 aromatic carbocycles. The van der Waals surface area contributed by atoms with Gasteiger partial charge in [0.25, 0.3) is 5.56 Å². The molecule has 2 aromatic heterocycles. The Morgan fingerprint density at radius 1 is 0.977 bits per heavy atom. The minimum atomic E-state index is -3.29. The Labute approximate surface area is 253 Å². The molecular formula is C31H43N7O4S. The molecule has 0 unspecified atom stereocenters. The molecule has 43 heavy (non-hydrogen) atoms. The van der Waals surface area contributed by atoms with E-state index >= 15 is 0 Å². The molecule has 0 atom stereocenters. The standard InChI is InChI=1S/C31H43N7O4S/c1-20(2)33-31(40)36-14-12-25(13-15-36)38-28-23(18-27(29(38)39)26-9-7-6-8-22(26)5)19-32-30(35-28)34-24-10-16-37(17-11-24)43(41,42)21(3)4/h6-9,18-21,24-25H,10-17H2,1-5H3,(H,33,40)(H,32,34,35). The van der Waals surface area contributed by atoms with Crippen molar-refractivity contribution in [2.75, 3.05) is 31.5 Å². The van der Waals surface area contributed by atoms with E-state index in [9.17, 15) is 18.0 Å². The summed E-state index contributed by atoms with van der Waals surface area (Å²) in [4.78, 5) is 38.1. The third kappa shape index (κ3) is 6.54. The molecule has 0 aliphatic carbocycles. The summed E-state index contributed by atoms with van der Waals surface area (Å²) in [5, 5.41) is 6.68. The van der Waals surface area contributed by atoms with Gasteiger partial charge in [-0.05, 0) is 77.5 Å². The van der Waals surface area contributed by atoms with Crippen LogP contribution in [0.3, 0.4) is 0 Å². The minimum Gasteiger partial charge on any atom is -0.351 e. The molecule has 0 saturated carbocycles. The highest BCUT2D eigenvalue weighted by atomic mass is 32.2. The molecule has 0 bridgehead atoms. The Bertz CT molecular complexity index is 1640. The number of urea groups is 1. The summed E-state index contributed by atoms with van der Waals surface area (Å²) in [6.45, 7) is 11.3. The fourth-order valence-electron chi connectivity index (χ4n) is 6.00. The van der Waals surface area contributed by atoms with Gasteiger partial charge in [-0.15, -0.1) is 0 Å². The summed E-state index contributed by atoms with van der Waals surface area (Å²) in [5.41, 5.74) is 2.94. The normalized spacial score (nSPS) is 17.6. The van der Waals surface area contributed by atoms with Gasteiger partial charge in [0.2, 0.25) is 16.0 Å².